The molecule has 0 aliphatic carbocycles. The van der Waals surface area contributed by atoms with E-state index in [0.29, 0.717) is 11.0 Å². The maximum atomic E-state index is 11.6. The van der Waals surface area contributed by atoms with Crippen molar-refractivity contribution < 1.29 is 14.7 Å². The summed E-state index contributed by atoms with van der Waals surface area (Å²) in [7, 11) is 0. The highest BCUT2D eigenvalue weighted by Gasteiger charge is 2.28. The van der Waals surface area contributed by atoms with Crippen molar-refractivity contribution in [3.8, 4) is 0 Å². The van der Waals surface area contributed by atoms with Crippen molar-refractivity contribution in [2.45, 2.75) is 43.7 Å². The second-order valence-electron chi connectivity index (χ2n) is 4.31. The molecule has 0 aliphatic rings. The maximum Gasteiger partial charge on any atom is 0.327 e. The zero-order valence-corrected chi connectivity index (χ0v) is 11.7. The molecule has 0 rings (SSSR count). The molecule has 2 N–H and O–H groups in total. The lowest BCUT2D eigenvalue weighted by Gasteiger charge is -2.21. The van der Waals surface area contributed by atoms with Gasteiger partial charge in [0.25, 0.3) is 0 Å². The Labute approximate surface area is 106 Å². The fourth-order valence-electron chi connectivity index (χ4n) is 0.798. The first-order chi connectivity index (χ1) is 7.14. The third-order valence-corrected chi connectivity index (χ3v) is 3.15. The summed E-state index contributed by atoms with van der Waals surface area (Å²) in [6, 6.07) is -0.855. The lowest BCUT2D eigenvalue weighted by molar-refractivity contribution is -0.141. The molecule has 0 saturated carbocycles. The Bertz CT molecular complexity index is 261. The van der Waals surface area contributed by atoms with Gasteiger partial charge in [-0.05, 0) is 19.1 Å². The number of hydrogen-bond acceptors (Lipinski definition) is 4. The van der Waals surface area contributed by atoms with E-state index < -0.39 is 16.8 Å². The highest BCUT2D eigenvalue weighted by molar-refractivity contribution is 7.99. The average molecular weight is 265 g/mol. The van der Waals surface area contributed by atoms with Gasteiger partial charge < -0.3 is 10.4 Å². The molecule has 16 heavy (non-hydrogen) atoms. The second kappa shape index (κ2) is 6.39. The molecule has 0 heterocycles. The van der Waals surface area contributed by atoms with Crippen LogP contribution in [0.25, 0.3) is 0 Å². The number of carbonyl (C=O) groups excluding carboxylic acids is 1. The summed E-state index contributed by atoms with van der Waals surface area (Å²) < 4.78 is -0.865. The monoisotopic (exact) mass is 265 g/mol. The van der Waals surface area contributed by atoms with E-state index in [-0.39, 0.29) is 5.91 Å². The van der Waals surface area contributed by atoms with E-state index in [1.165, 1.54) is 11.8 Å². The van der Waals surface area contributed by atoms with Gasteiger partial charge in [0, 0.05) is 5.75 Å². The number of carboxylic acids is 1. The van der Waals surface area contributed by atoms with Gasteiger partial charge in [-0.3, -0.25) is 4.79 Å². The number of thioether (sulfide) groups is 1. The summed E-state index contributed by atoms with van der Waals surface area (Å²) in [4.78, 5) is 22.5. The van der Waals surface area contributed by atoms with E-state index in [2.05, 4.69) is 17.9 Å². The molecule has 94 valence electrons. The van der Waals surface area contributed by atoms with Gasteiger partial charge in [0.1, 0.15) is 6.04 Å². The molecular formula is C10H19NO3S2. The van der Waals surface area contributed by atoms with Gasteiger partial charge in [0.05, 0.1) is 4.75 Å². The molecule has 0 radical (unpaired) electrons. The predicted octanol–water partition coefficient (Wildman–Crippen LogP) is 1.41. The summed E-state index contributed by atoms with van der Waals surface area (Å²) in [6.07, 6.45) is 0. The molecule has 1 atom stereocenters. The SMILES string of the molecule is CC(C)SCC(NC(=O)C(C)(C)S)C(=O)O. The van der Waals surface area contributed by atoms with E-state index in [4.69, 9.17) is 5.11 Å². The van der Waals surface area contributed by atoms with Gasteiger partial charge in [-0.2, -0.15) is 24.4 Å². The van der Waals surface area contributed by atoms with Gasteiger partial charge in [0.2, 0.25) is 5.91 Å². The van der Waals surface area contributed by atoms with Gasteiger partial charge in [0.15, 0.2) is 0 Å². The Morgan fingerprint density at radius 2 is 1.94 bits per heavy atom. The molecule has 0 aromatic rings. The lowest BCUT2D eigenvalue weighted by Crippen LogP contribution is -2.48. The summed E-state index contributed by atoms with van der Waals surface area (Å²) in [6.45, 7) is 7.21. The normalized spacial score (nSPS) is 13.6. The smallest absolute Gasteiger partial charge is 0.327 e. The van der Waals surface area contributed by atoms with Crippen molar-refractivity contribution in [3.05, 3.63) is 0 Å². The quantitative estimate of drug-likeness (QED) is 0.635. The largest absolute Gasteiger partial charge is 0.480 e. The van der Waals surface area contributed by atoms with Crippen LogP contribution in [0.1, 0.15) is 27.7 Å². The van der Waals surface area contributed by atoms with Gasteiger partial charge in [-0.1, -0.05) is 13.8 Å². The van der Waals surface area contributed by atoms with Gasteiger partial charge in [-0.15, -0.1) is 0 Å². The molecule has 0 aromatic heterocycles. The van der Waals surface area contributed by atoms with Crippen LogP contribution < -0.4 is 5.32 Å². The number of amides is 1. The Morgan fingerprint density at radius 3 is 2.25 bits per heavy atom. The van der Waals surface area contributed by atoms with Crippen molar-refractivity contribution in [2.24, 2.45) is 0 Å². The molecule has 6 heteroatoms. The third kappa shape index (κ3) is 6.27. The zero-order valence-electron chi connectivity index (χ0n) is 9.98. The van der Waals surface area contributed by atoms with Crippen LogP contribution in [0.3, 0.4) is 0 Å². The van der Waals surface area contributed by atoms with E-state index >= 15 is 0 Å². The van der Waals surface area contributed by atoms with E-state index in [1.54, 1.807) is 13.8 Å². The molecule has 4 nitrogen and oxygen atoms in total. The van der Waals surface area contributed by atoms with Crippen LogP contribution >= 0.6 is 24.4 Å². The van der Waals surface area contributed by atoms with Crippen LogP contribution in [0.2, 0.25) is 0 Å². The van der Waals surface area contributed by atoms with Crippen LogP contribution in [0.15, 0.2) is 0 Å². The Kier molecular flexibility index (Phi) is 6.25. The standard InChI is InChI=1S/C10H19NO3S2/c1-6(2)16-5-7(8(12)13)11-9(14)10(3,4)15/h6-7,15H,5H2,1-4H3,(H,11,14)(H,12,13). The Morgan fingerprint density at radius 1 is 1.44 bits per heavy atom. The summed E-state index contributed by atoms with van der Waals surface area (Å²) in [5.41, 5.74) is 0. The molecule has 0 aliphatic heterocycles. The Hall–Kier alpha value is -0.360. The number of thiol groups is 1. The zero-order chi connectivity index (χ0) is 12.9. The predicted molar refractivity (Wildman–Crippen MR) is 70.2 cm³/mol. The molecular weight excluding hydrogens is 246 g/mol. The number of carbonyl (C=O) groups is 2. The minimum atomic E-state index is -1.01. The fourth-order valence-corrected chi connectivity index (χ4v) is 1.67. The van der Waals surface area contributed by atoms with Crippen LogP contribution in [0.4, 0.5) is 0 Å². The first-order valence-corrected chi connectivity index (χ1v) is 6.52. The van der Waals surface area contributed by atoms with E-state index in [9.17, 15) is 9.59 Å². The molecule has 0 saturated heterocycles. The highest BCUT2D eigenvalue weighted by atomic mass is 32.2. The molecule has 1 unspecified atom stereocenters. The summed E-state index contributed by atoms with van der Waals surface area (Å²) >= 11 is 5.59. The topological polar surface area (TPSA) is 66.4 Å². The van der Waals surface area contributed by atoms with Gasteiger partial charge in [-0.25, -0.2) is 4.79 Å². The molecule has 1 amide bonds. The van der Waals surface area contributed by atoms with Crippen molar-refractivity contribution in [1.82, 2.24) is 5.32 Å². The first kappa shape index (κ1) is 15.6. The number of rotatable bonds is 6. The Balaban J connectivity index is 4.35. The lowest BCUT2D eigenvalue weighted by atomic mass is 10.2. The van der Waals surface area contributed by atoms with Gasteiger partial charge >= 0.3 is 5.97 Å². The maximum absolute atomic E-state index is 11.6. The molecule has 0 bridgehead atoms. The fraction of sp³-hybridized carbons (Fsp3) is 0.800. The minimum absolute atomic E-state index is 0.336. The summed E-state index contributed by atoms with van der Waals surface area (Å²) in [5.74, 6) is -1.02. The van der Waals surface area contributed by atoms with E-state index in [1.807, 2.05) is 13.8 Å². The van der Waals surface area contributed by atoms with Crippen molar-refractivity contribution in [1.29, 1.82) is 0 Å². The van der Waals surface area contributed by atoms with E-state index in [0.717, 1.165) is 0 Å². The van der Waals surface area contributed by atoms with Crippen molar-refractivity contribution in [3.63, 3.8) is 0 Å². The number of hydrogen-bond donors (Lipinski definition) is 3. The highest BCUT2D eigenvalue weighted by Crippen LogP contribution is 2.14. The number of nitrogens with one attached hydrogen (secondary N) is 1. The number of carboxylic acid groups (broad SMARTS) is 1. The third-order valence-electron chi connectivity index (χ3n) is 1.76. The molecule has 0 spiro atoms. The van der Waals surface area contributed by atoms with Crippen molar-refractivity contribution in [2.75, 3.05) is 5.75 Å². The van der Waals surface area contributed by atoms with Crippen molar-refractivity contribution >= 4 is 36.3 Å². The average Bonchev–Trinajstić information content (AvgIpc) is 2.09. The first-order valence-electron chi connectivity index (χ1n) is 5.02. The minimum Gasteiger partial charge on any atom is -0.480 e. The number of aliphatic carboxylic acids is 1. The van der Waals surface area contributed by atoms with Crippen LogP contribution in [-0.2, 0) is 9.59 Å². The molecule has 0 aromatic carbocycles. The molecule has 0 fully saturated rings. The van der Waals surface area contributed by atoms with Crippen LogP contribution in [0.5, 0.6) is 0 Å². The van der Waals surface area contributed by atoms with Crippen LogP contribution in [-0.4, -0.2) is 38.8 Å². The second-order valence-corrected chi connectivity index (χ2v) is 7.03. The van der Waals surface area contributed by atoms with Crippen LogP contribution in [0, 0.1) is 0 Å². The summed E-state index contributed by atoms with van der Waals surface area (Å²) in [5, 5.41) is 11.8.